The molecule has 1 fully saturated rings. The summed E-state index contributed by atoms with van der Waals surface area (Å²) in [5.74, 6) is 0.532. The molecular weight excluding hydrogens is 284 g/mol. The van der Waals surface area contributed by atoms with E-state index in [4.69, 9.17) is 44.8 Å². The van der Waals surface area contributed by atoms with E-state index in [1.54, 1.807) is 6.07 Å². The number of rotatable bonds is 1. The zero-order valence-corrected chi connectivity index (χ0v) is 10.9. The second kappa shape index (κ2) is 5.28. The fourth-order valence-corrected chi connectivity index (χ4v) is 2.19. The third kappa shape index (κ3) is 2.75. The van der Waals surface area contributed by atoms with E-state index >= 15 is 0 Å². The van der Waals surface area contributed by atoms with Gasteiger partial charge in [0, 0.05) is 6.54 Å². The molecule has 1 unspecified atom stereocenters. The molecule has 0 aliphatic carbocycles. The highest BCUT2D eigenvalue weighted by Crippen LogP contribution is 2.31. The number of pyridine rings is 1. The van der Waals surface area contributed by atoms with Crippen LogP contribution in [0.5, 0.6) is 0 Å². The number of ether oxygens (including phenoxy) is 1. The van der Waals surface area contributed by atoms with Gasteiger partial charge in [-0.05, 0) is 6.07 Å². The molecule has 0 N–H and O–H groups in total. The molecule has 7 heteroatoms. The molecule has 1 aromatic heterocycles. The first-order chi connectivity index (χ1) is 8.11. The minimum atomic E-state index is -0.476. The highest BCUT2D eigenvalue weighted by molar-refractivity contribution is 6.42. The van der Waals surface area contributed by atoms with Gasteiger partial charge in [0.25, 0.3) is 0 Å². The van der Waals surface area contributed by atoms with Crippen LogP contribution in [0.15, 0.2) is 6.07 Å². The summed E-state index contributed by atoms with van der Waals surface area (Å²) in [4.78, 5) is 5.99. The van der Waals surface area contributed by atoms with E-state index in [1.165, 1.54) is 0 Å². The second-order valence-corrected chi connectivity index (χ2v) is 4.67. The van der Waals surface area contributed by atoms with Crippen LogP contribution in [0.4, 0.5) is 5.82 Å². The Bertz CT molecular complexity index is 475. The van der Waals surface area contributed by atoms with Gasteiger partial charge in [0.2, 0.25) is 0 Å². The van der Waals surface area contributed by atoms with Gasteiger partial charge in [-0.3, -0.25) is 0 Å². The molecular formula is C10H8Cl3N3O. The smallest absolute Gasteiger partial charge is 0.161 e. The van der Waals surface area contributed by atoms with Gasteiger partial charge in [0.05, 0.1) is 29.3 Å². The Kier molecular flexibility index (Phi) is 3.95. The van der Waals surface area contributed by atoms with Crippen LogP contribution in [0.3, 0.4) is 0 Å². The minimum Gasteiger partial charge on any atom is -0.360 e. The number of hydrogen-bond acceptors (Lipinski definition) is 4. The average molecular weight is 293 g/mol. The summed E-state index contributed by atoms with van der Waals surface area (Å²) in [6, 6.07) is 3.60. The Morgan fingerprint density at radius 1 is 1.41 bits per heavy atom. The van der Waals surface area contributed by atoms with Crippen molar-refractivity contribution in [2.24, 2.45) is 0 Å². The summed E-state index contributed by atoms with van der Waals surface area (Å²) in [5, 5.41) is 9.75. The Labute approximate surface area is 114 Å². The standard InChI is InChI=1S/C10H8Cl3N3O/c11-7-3-8(12)10(15-9(7)13)16-1-2-17-6(4-14)5-16/h3,6H,1-2,5H2. The third-order valence-corrected chi connectivity index (χ3v) is 3.33. The number of nitrogens with zero attached hydrogens (tertiary/aromatic N) is 3. The Hall–Kier alpha value is -0.730. The molecule has 1 aliphatic heterocycles. The second-order valence-electron chi connectivity index (χ2n) is 3.50. The van der Waals surface area contributed by atoms with Crippen molar-refractivity contribution in [2.75, 3.05) is 24.6 Å². The molecule has 90 valence electrons. The third-order valence-electron chi connectivity index (χ3n) is 2.38. The van der Waals surface area contributed by atoms with E-state index < -0.39 is 6.10 Å². The summed E-state index contributed by atoms with van der Waals surface area (Å²) in [6.07, 6.45) is -0.476. The highest BCUT2D eigenvalue weighted by Gasteiger charge is 2.23. The molecule has 1 aliphatic rings. The summed E-state index contributed by atoms with van der Waals surface area (Å²) < 4.78 is 5.24. The molecule has 2 rings (SSSR count). The molecule has 0 aromatic carbocycles. The molecule has 1 aromatic rings. The largest absolute Gasteiger partial charge is 0.360 e. The van der Waals surface area contributed by atoms with Gasteiger partial charge in [-0.15, -0.1) is 0 Å². The van der Waals surface area contributed by atoms with Gasteiger partial charge in [0.15, 0.2) is 6.10 Å². The summed E-state index contributed by atoms with van der Waals surface area (Å²) in [5.41, 5.74) is 0. The number of aromatic nitrogens is 1. The van der Waals surface area contributed by atoms with Crippen molar-refractivity contribution in [3.05, 3.63) is 21.3 Å². The van der Waals surface area contributed by atoms with Crippen molar-refractivity contribution >= 4 is 40.6 Å². The van der Waals surface area contributed by atoms with E-state index in [9.17, 15) is 0 Å². The first kappa shape index (κ1) is 12.7. The van der Waals surface area contributed by atoms with Crippen LogP contribution in [0.2, 0.25) is 15.2 Å². The fourth-order valence-electron chi connectivity index (χ4n) is 1.58. The summed E-state index contributed by atoms with van der Waals surface area (Å²) >= 11 is 17.7. The highest BCUT2D eigenvalue weighted by atomic mass is 35.5. The number of morpholine rings is 1. The monoisotopic (exact) mass is 291 g/mol. The van der Waals surface area contributed by atoms with Crippen molar-refractivity contribution in [1.29, 1.82) is 5.26 Å². The number of halogens is 3. The Morgan fingerprint density at radius 3 is 2.88 bits per heavy atom. The van der Waals surface area contributed by atoms with Crippen molar-refractivity contribution < 1.29 is 4.74 Å². The quantitative estimate of drug-likeness (QED) is 0.747. The molecule has 0 saturated carbocycles. The van der Waals surface area contributed by atoms with E-state index in [0.717, 1.165) is 0 Å². The molecule has 4 nitrogen and oxygen atoms in total. The van der Waals surface area contributed by atoms with Gasteiger partial charge < -0.3 is 9.64 Å². The minimum absolute atomic E-state index is 0.200. The number of hydrogen-bond donors (Lipinski definition) is 0. The van der Waals surface area contributed by atoms with Gasteiger partial charge in [-0.25, -0.2) is 4.98 Å². The molecule has 2 heterocycles. The van der Waals surface area contributed by atoms with Gasteiger partial charge in [-0.2, -0.15) is 5.26 Å². The normalized spacial score (nSPS) is 20.1. The maximum atomic E-state index is 8.82. The van der Waals surface area contributed by atoms with Crippen molar-refractivity contribution in [2.45, 2.75) is 6.10 Å². The Morgan fingerprint density at radius 2 is 2.18 bits per heavy atom. The molecule has 0 amide bonds. The van der Waals surface area contributed by atoms with Crippen LogP contribution in [-0.2, 0) is 4.74 Å². The maximum absolute atomic E-state index is 8.82. The molecule has 0 bridgehead atoms. The molecule has 1 saturated heterocycles. The molecule has 0 radical (unpaired) electrons. The first-order valence-corrected chi connectivity index (χ1v) is 6.03. The predicted octanol–water partition coefficient (Wildman–Crippen LogP) is 2.77. The molecule has 1 atom stereocenters. The predicted molar refractivity (Wildman–Crippen MR) is 66.8 cm³/mol. The molecule has 0 spiro atoms. The number of anilines is 1. The van der Waals surface area contributed by atoms with Gasteiger partial charge in [0.1, 0.15) is 11.0 Å². The van der Waals surface area contributed by atoms with Gasteiger partial charge >= 0.3 is 0 Å². The van der Waals surface area contributed by atoms with E-state index in [1.807, 2.05) is 4.90 Å². The van der Waals surface area contributed by atoms with Crippen LogP contribution >= 0.6 is 34.8 Å². The van der Waals surface area contributed by atoms with Gasteiger partial charge in [-0.1, -0.05) is 34.8 Å². The lowest BCUT2D eigenvalue weighted by Crippen LogP contribution is -2.42. The maximum Gasteiger partial charge on any atom is 0.161 e. The summed E-state index contributed by atoms with van der Waals surface area (Å²) in [6.45, 7) is 1.49. The van der Waals surface area contributed by atoms with E-state index in [0.29, 0.717) is 35.6 Å². The van der Waals surface area contributed by atoms with Crippen LogP contribution in [0.1, 0.15) is 0 Å². The summed E-state index contributed by atoms with van der Waals surface area (Å²) in [7, 11) is 0. The van der Waals surface area contributed by atoms with Crippen molar-refractivity contribution in [1.82, 2.24) is 4.98 Å². The van der Waals surface area contributed by atoms with E-state index in [-0.39, 0.29) is 5.15 Å². The lowest BCUT2D eigenvalue weighted by molar-refractivity contribution is 0.0761. The number of nitriles is 1. The van der Waals surface area contributed by atoms with Crippen molar-refractivity contribution in [3.63, 3.8) is 0 Å². The van der Waals surface area contributed by atoms with Crippen LogP contribution in [0.25, 0.3) is 0 Å². The zero-order valence-electron chi connectivity index (χ0n) is 8.66. The topological polar surface area (TPSA) is 49.2 Å². The average Bonchev–Trinajstić information content (AvgIpc) is 2.34. The van der Waals surface area contributed by atoms with Crippen LogP contribution in [-0.4, -0.2) is 30.8 Å². The van der Waals surface area contributed by atoms with Crippen LogP contribution < -0.4 is 4.90 Å². The molecule has 17 heavy (non-hydrogen) atoms. The fraction of sp³-hybridized carbons (Fsp3) is 0.400. The lowest BCUT2D eigenvalue weighted by atomic mass is 10.3. The SMILES string of the molecule is N#CC1CN(c2nc(Cl)c(Cl)cc2Cl)CCO1. The van der Waals surface area contributed by atoms with Crippen molar-refractivity contribution in [3.8, 4) is 6.07 Å². The first-order valence-electron chi connectivity index (χ1n) is 4.89. The lowest BCUT2D eigenvalue weighted by Gasteiger charge is -2.31. The van der Waals surface area contributed by atoms with Crippen LogP contribution in [0, 0.1) is 11.3 Å². The van der Waals surface area contributed by atoms with E-state index in [2.05, 4.69) is 11.1 Å². The Balaban J connectivity index is 2.28. The zero-order chi connectivity index (χ0) is 12.4.